The largest absolute Gasteiger partial charge is 0.493 e. The maximum Gasteiger partial charge on any atom is 0.175 e. The summed E-state index contributed by atoms with van der Waals surface area (Å²) in [6.07, 6.45) is 0. The van der Waals surface area contributed by atoms with Gasteiger partial charge in [0, 0.05) is 22.2 Å². The van der Waals surface area contributed by atoms with E-state index in [1.165, 1.54) is 0 Å². The molecule has 0 aliphatic carbocycles. The maximum atomic E-state index is 6.16. The SMILES string of the molecule is CNCc1cc(Br)c(OCc2c(Cl)cccc2Cl)c(OC)c1. The predicted octanol–water partition coefficient (Wildman–Crippen LogP) is 5.06. The van der Waals surface area contributed by atoms with Gasteiger partial charge in [0.25, 0.3) is 0 Å². The van der Waals surface area contributed by atoms with Crippen LogP contribution in [0.4, 0.5) is 0 Å². The first-order valence-electron chi connectivity index (χ1n) is 6.63. The van der Waals surface area contributed by atoms with Crippen LogP contribution in [0.2, 0.25) is 10.0 Å². The highest BCUT2D eigenvalue weighted by Gasteiger charge is 2.13. The molecule has 0 radical (unpaired) electrons. The fraction of sp³-hybridized carbons (Fsp3) is 0.250. The molecule has 2 aromatic carbocycles. The third-order valence-corrected chi connectivity index (χ3v) is 4.39. The lowest BCUT2D eigenvalue weighted by Crippen LogP contribution is -2.06. The van der Waals surface area contributed by atoms with Gasteiger partial charge in [0.1, 0.15) is 6.61 Å². The Bertz CT molecular complexity index is 645. The second-order valence-corrected chi connectivity index (χ2v) is 6.30. The molecule has 6 heteroatoms. The molecule has 118 valence electrons. The lowest BCUT2D eigenvalue weighted by Gasteiger charge is -2.15. The molecule has 22 heavy (non-hydrogen) atoms. The highest BCUT2D eigenvalue weighted by Crippen LogP contribution is 2.38. The number of ether oxygens (including phenoxy) is 2. The summed E-state index contributed by atoms with van der Waals surface area (Å²) in [5.74, 6) is 1.28. The van der Waals surface area contributed by atoms with E-state index in [0.29, 0.717) is 21.5 Å². The predicted molar refractivity (Wildman–Crippen MR) is 94.3 cm³/mol. The Morgan fingerprint density at radius 3 is 2.45 bits per heavy atom. The Morgan fingerprint density at radius 1 is 1.18 bits per heavy atom. The van der Waals surface area contributed by atoms with E-state index in [0.717, 1.165) is 22.1 Å². The van der Waals surface area contributed by atoms with Gasteiger partial charge in [-0.1, -0.05) is 29.3 Å². The first-order chi connectivity index (χ1) is 10.6. The first kappa shape index (κ1) is 17.4. The Kier molecular flexibility index (Phi) is 6.38. The molecule has 0 spiro atoms. The van der Waals surface area contributed by atoms with E-state index in [-0.39, 0.29) is 6.61 Å². The summed E-state index contributed by atoms with van der Waals surface area (Å²) in [7, 11) is 3.50. The number of halogens is 3. The zero-order valence-corrected chi connectivity index (χ0v) is 15.3. The van der Waals surface area contributed by atoms with Gasteiger partial charge in [0.2, 0.25) is 0 Å². The van der Waals surface area contributed by atoms with Crippen molar-refractivity contribution in [1.29, 1.82) is 0 Å². The van der Waals surface area contributed by atoms with E-state index in [1.807, 2.05) is 19.2 Å². The molecule has 0 aliphatic heterocycles. The summed E-state index contributed by atoms with van der Waals surface area (Å²) in [5.41, 5.74) is 1.84. The van der Waals surface area contributed by atoms with Crippen molar-refractivity contribution in [3.63, 3.8) is 0 Å². The molecule has 0 atom stereocenters. The zero-order chi connectivity index (χ0) is 16.1. The van der Waals surface area contributed by atoms with Crippen molar-refractivity contribution < 1.29 is 9.47 Å². The number of hydrogen-bond acceptors (Lipinski definition) is 3. The number of benzene rings is 2. The third kappa shape index (κ3) is 4.07. The van der Waals surface area contributed by atoms with Gasteiger partial charge in [0.15, 0.2) is 11.5 Å². The van der Waals surface area contributed by atoms with Gasteiger partial charge >= 0.3 is 0 Å². The summed E-state index contributed by atoms with van der Waals surface area (Å²) in [4.78, 5) is 0. The molecule has 0 saturated carbocycles. The van der Waals surface area contributed by atoms with Gasteiger partial charge in [-0.25, -0.2) is 0 Å². The smallest absolute Gasteiger partial charge is 0.175 e. The second kappa shape index (κ2) is 8.06. The maximum absolute atomic E-state index is 6.16. The fourth-order valence-electron chi connectivity index (χ4n) is 2.03. The Hall–Kier alpha value is -0.940. The summed E-state index contributed by atoms with van der Waals surface area (Å²) >= 11 is 15.8. The normalized spacial score (nSPS) is 10.6. The average Bonchev–Trinajstić information content (AvgIpc) is 2.48. The highest BCUT2D eigenvalue weighted by atomic mass is 79.9. The van der Waals surface area contributed by atoms with Crippen molar-refractivity contribution in [2.75, 3.05) is 14.2 Å². The lowest BCUT2D eigenvalue weighted by molar-refractivity contribution is 0.282. The van der Waals surface area contributed by atoms with Crippen molar-refractivity contribution in [3.8, 4) is 11.5 Å². The second-order valence-electron chi connectivity index (χ2n) is 4.63. The Balaban J connectivity index is 2.26. The van der Waals surface area contributed by atoms with Crippen molar-refractivity contribution in [2.24, 2.45) is 0 Å². The first-order valence-corrected chi connectivity index (χ1v) is 8.18. The van der Waals surface area contributed by atoms with Gasteiger partial charge in [-0.15, -0.1) is 0 Å². The van der Waals surface area contributed by atoms with Crippen molar-refractivity contribution in [2.45, 2.75) is 13.2 Å². The van der Waals surface area contributed by atoms with E-state index in [2.05, 4.69) is 21.2 Å². The van der Waals surface area contributed by atoms with Crippen LogP contribution in [0.25, 0.3) is 0 Å². The monoisotopic (exact) mass is 403 g/mol. The quantitative estimate of drug-likeness (QED) is 0.729. The van der Waals surface area contributed by atoms with Crippen molar-refractivity contribution in [3.05, 3.63) is 56.0 Å². The topological polar surface area (TPSA) is 30.5 Å². The van der Waals surface area contributed by atoms with E-state index in [1.54, 1.807) is 25.3 Å². The molecule has 0 heterocycles. The fourth-order valence-corrected chi connectivity index (χ4v) is 3.14. The summed E-state index contributed by atoms with van der Waals surface area (Å²) in [6, 6.07) is 9.30. The van der Waals surface area contributed by atoms with Crippen molar-refractivity contribution in [1.82, 2.24) is 5.32 Å². The van der Waals surface area contributed by atoms with E-state index >= 15 is 0 Å². The van der Waals surface area contributed by atoms with E-state index in [4.69, 9.17) is 32.7 Å². The molecule has 0 aliphatic rings. The lowest BCUT2D eigenvalue weighted by atomic mass is 10.2. The molecule has 2 aromatic rings. The van der Waals surface area contributed by atoms with Gasteiger partial charge < -0.3 is 14.8 Å². The molecular weight excluding hydrogens is 389 g/mol. The van der Waals surface area contributed by atoms with Crippen LogP contribution in [0.5, 0.6) is 11.5 Å². The number of nitrogens with one attached hydrogen (secondary N) is 1. The average molecular weight is 405 g/mol. The summed E-state index contributed by atoms with van der Waals surface area (Å²) in [5, 5.41) is 4.26. The number of rotatable bonds is 6. The molecule has 2 rings (SSSR count). The highest BCUT2D eigenvalue weighted by molar-refractivity contribution is 9.10. The molecule has 0 amide bonds. The van der Waals surface area contributed by atoms with Crippen LogP contribution in [0.3, 0.4) is 0 Å². The molecule has 3 nitrogen and oxygen atoms in total. The molecule has 0 aromatic heterocycles. The summed E-state index contributed by atoms with van der Waals surface area (Å²) in [6.45, 7) is 1.00. The van der Waals surface area contributed by atoms with Crippen LogP contribution < -0.4 is 14.8 Å². The van der Waals surface area contributed by atoms with Crippen LogP contribution in [-0.4, -0.2) is 14.2 Å². The minimum atomic E-state index is 0.263. The molecule has 0 bridgehead atoms. The molecule has 0 unspecified atom stereocenters. The van der Waals surface area contributed by atoms with Crippen LogP contribution in [0, 0.1) is 0 Å². The van der Waals surface area contributed by atoms with Crippen LogP contribution in [0.1, 0.15) is 11.1 Å². The van der Waals surface area contributed by atoms with E-state index < -0.39 is 0 Å². The van der Waals surface area contributed by atoms with Gasteiger partial charge in [-0.2, -0.15) is 0 Å². The molecule has 1 N–H and O–H groups in total. The number of methoxy groups -OCH3 is 1. The molecule has 0 saturated heterocycles. The summed E-state index contributed by atoms with van der Waals surface area (Å²) < 4.78 is 12.1. The number of hydrogen-bond donors (Lipinski definition) is 1. The van der Waals surface area contributed by atoms with Crippen LogP contribution in [0.15, 0.2) is 34.8 Å². The Morgan fingerprint density at radius 2 is 1.86 bits per heavy atom. The Labute approximate surface area is 148 Å². The van der Waals surface area contributed by atoms with Gasteiger partial charge in [0.05, 0.1) is 11.6 Å². The van der Waals surface area contributed by atoms with E-state index in [9.17, 15) is 0 Å². The zero-order valence-electron chi connectivity index (χ0n) is 12.3. The molecular formula is C16H16BrCl2NO2. The minimum absolute atomic E-state index is 0.263. The molecule has 0 fully saturated rings. The van der Waals surface area contributed by atoms with Crippen molar-refractivity contribution >= 4 is 39.1 Å². The minimum Gasteiger partial charge on any atom is -0.493 e. The van der Waals surface area contributed by atoms with Crippen LogP contribution >= 0.6 is 39.1 Å². The van der Waals surface area contributed by atoms with Crippen LogP contribution in [-0.2, 0) is 13.2 Å². The third-order valence-electron chi connectivity index (χ3n) is 3.09. The van der Waals surface area contributed by atoms with Gasteiger partial charge in [-0.3, -0.25) is 0 Å². The standard InChI is InChI=1S/C16H16BrCl2NO2/c1-20-8-10-6-12(17)16(15(7-10)21-2)22-9-11-13(18)4-3-5-14(11)19/h3-7,20H,8-9H2,1-2H3. The van der Waals surface area contributed by atoms with Gasteiger partial charge in [-0.05, 0) is 52.8 Å².